The third-order valence-electron chi connectivity index (χ3n) is 4.89. The van der Waals surface area contributed by atoms with Crippen molar-refractivity contribution in [2.24, 2.45) is 26.4 Å². The lowest BCUT2D eigenvalue weighted by atomic mass is 9.87. The number of nitrogens with one attached hydrogen (secondary N) is 1. The van der Waals surface area contributed by atoms with Crippen molar-refractivity contribution >= 4 is 23.3 Å². The van der Waals surface area contributed by atoms with Crippen LogP contribution in [0, 0.1) is 12.3 Å². The van der Waals surface area contributed by atoms with Crippen molar-refractivity contribution < 1.29 is 0 Å². The maximum atomic E-state index is 8.24. The summed E-state index contributed by atoms with van der Waals surface area (Å²) in [6.45, 7) is 2.00. The number of aliphatic imine (C=N–C) groups is 3. The Bertz CT molecular complexity index is 984. The predicted molar refractivity (Wildman–Crippen MR) is 105 cm³/mol. The van der Waals surface area contributed by atoms with Crippen molar-refractivity contribution in [3.8, 4) is 0 Å². The number of hydrogen-bond donors (Lipinski definition) is 3. The standard InChI is InChI=1S/C20H20N6/c1-12-6-9-14(10-7-12)20(17(21)22)18(25-19(23)26-20)24-16-11-8-13-4-2-3-5-15(13)16/h2-7,9-10H,8,11H2,1H3,(H3,21,22)(H2,23,26). The molecule has 0 bridgehead atoms. The van der Waals surface area contributed by atoms with Gasteiger partial charge in [-0.2, -0.15) is 4.99 Å². The number of benzene rings is 2. The first kappa shape index (κ1) is 16.2. The van der Waals surface area contributed by atoms with E-state index in [1.807, 2.05) is 43.3 Å². The van der Waals surface area contributed by atoms with Crippen LogP contribution < -0.4 is 11.5 Å². The van der Waals surface area contributed by atoms with Crippen molar-refractivity contribution in [2.75, 3.05) is 0 Å². The van der Waals surface area contributed by atoms with Crippen molar-refractivity contribution in [1.29, 1.82) is 5.41 Å². The number of nitrogens with two attached hydrogens (primary N) is 2. The Morgan fingerprint density at radius 2 is 1.85 bits per heavy atom. The molecule has 1 unspecified atom stereocenters. The highest BCUT2D eigenvalue weighted by Crippen LogP contribution is 2.34. The molecule has 1 atom stereocenters. The zero-order valence-corrected chi connectivity index (χ0v) is 14.5. The fourth-order valence-electron chi connectivity index (χ4n) is 3.52. The van der Waals surface area contributed by atoms with Crippen molar-refractivity contribution in [2.45, 2.75) is 25.3 Å². The van der Waals surface area contributed by atoms with Gasteiger partial charge in [0.25, 0.3) is 0 Å². The van der Waals surface area contributed by atoms with Crippen LogP contribution in [0.3, 0.4) is 0 Å². The van der Waals surface area contributed by atoms with E-state index in [0.717, 1.165) is 35.2 Å². The van der Waals surface area contributed by atoms with Crippen LogP contribution in [-0.4, -0.2) is 23.3 Å². The number of guanidine groups is 1. The molecule has 5 N–H and O–H groups in total. The minimum atomic E-state index is -1.26. The van der Waals surface area contributed by atoms with Crippen LogP contribution in [0.25, 0.3) is 0 Å². The molecule has 1 aliphatic carbocycles. The maximum absolute atomic E-state index is 8.24. The summed E-state index contributed by atoms with van der Waals surface area (Å²) in [6.07, 6.45) is 1.76. The zero-order valence-electron chi connectivity index (χ0n) is 14.5. The summed E-state index contributed by atoms with van der Waals surface area (Å²) in [5, 5.41) is 8.24. The Morgan fingerprint density at radius 3 is 2.58 bits per heavy atom. The van der Waals surface area contributed by atoms with E-state index in [9.17, 15) is 0 Å². The van der Waals surface area contributed by atoms with E-state index >= 15 is 0 Å². The largest absolute Gasteiger partial charge is 0.385 e. The summed E-state index contributed by atoms with van der Waals surface area (Å²) in [5.74, 6) is 0.306. The number of hydrogen-bond acceptors (Lipinski definition) is 5. The van der Waals surface area contributed by atoms with E-state index in [-0.39, 0.29) is 11.8 Å². The van der Waals surface area contributed by atoms with Crippen molar-refractivity contribution in [3.05, 3.63) is 70.8 Å². The van der Waals surface area contributed by atoms with Crippen LogP contribution in [0.2, 0.25) is 0 Å². The Balaban J connectivity index is 1.85. The number of aryl methyl sites for hydroxylation is 2. The highest BCUT2D eigenvalue weighted by molar-refractivity contribution is 6.24. The van der Waals surface area contributed by atoms with Gasteiger partial charge in [-0.15, -0.1) is 0 Å². The molecule has 2 aromatic carbocycles. The minimum Gasteiger partial charge on any atom is -0.385 e. The molecule has 26 heavy (non-hydrogen) atoms. The molecule has 0 amide bonds. The molecule has 6 heteroatoms. The average molecular weight is 344 g/mol. The summed E-state index contributed by atoms with van der Waals surface area (Å²) in [4.78, 5) is 13.6. The van der Waals surface area contributed by atoms with Crippen LogP contribution >= 0.6 is 0 Å². The normalized spacial score (nSPS) is 22.9. The van der Waals surface area contributed by atoms with Gasteiger partial charge in [-0.1, -0.05) is 54.1 Å². The monoisotopic (exact) mass is 344 g/mol. The van der Waals surface area contributed by atoms with Gasteiger partial charge in [0.05, 0.1) is 5.71 Å². The van der Waals surface area contributed by atoms with Crippen molar-refractivity contribution in [1.82, 2.24) is 0 Å². The maximum Gasteiger partial charge on any atom is 0.219 e. The van der Waals surface area contributed by atoms with Crippen LogP contribution in [0.1, 0.15) is 28.7 Å². The summed E-state index contributed by atoms with van der Waals surface area (Å²) in [6, 6.07) is 15.9. The highest BCUT2D eigenvalue weighted by atomic mass is 15.2. The lowest BCUT2D eigenvalue weighted by molar-refractivity contribution is 0.804. The predicted octanol–water partition coefficient (Wildman–Crippen LogP) is 2.29. The molecule has 0 saturated carbocycles. The second-order valence-corrected chi connectivity index (χ2v) is 6.61. The summed E-state index contributed by atoms with van der Waals surface area (Å²) >= 11 is 0. The molecular formula is C20H20N6. The topological polar surface area (TPSA) is 113 Å². The smallest absolute Gasteiger partial charge is 0.219 e. The molecular weight excluding hydrogens is 324 g/mol. The number of rotatable bonds is 2. The Morgan fingerprint density at radius 1 is 1.12 bits per heavy atom. The summed E-state index contributed by atoms with van der Waals surface area (Å²) in [5.41, 5.74) is 15.8. The van der Waals surface area contributed by atoms with Gasteiger partial charge in [-0.05, 0) is 36.5 Å². The average Bonchev–Trinajstić information content (AvgIpc) is 3.18. The number of nitrogens with zero attached hydrogens (tertiary/aromatic N) is 3. The van der Waals surface area contributed by atoms with Gasteiger partial charge in [0.15, 0.2) is 5.84 Å². The quantitative estimate of drug-likeness (QED) is 0.573. The van der Waals surface area contributed by atoms with E-state index < -0.39 is 5.54 Å². The second kappa shape index (κ2) is 5.91. The van der Waals surface area contributed by atoms with Gasteiger partial charge in [0.2, 0.25) is 11.5 Å². The summed E-state index contributed by atoms with van der Waals surface area (Å²) < 4.78 is 0. The Kier molecular flexibility index (Phi) is 3.68. The fourth-order valence-corrected chi connectivity index (χ4v) is 3.52. The molecule has 4 rings (SSSR count). The van der Waals surface area contributed by atoms with Gasteiger partial charge in [-0.3, -0.25) is 5.41 Å². The van der Waals surface area contributed by atoms with E-state index in [0.29, 0.717) is 5.84 Å². The van der Waals surface area contributed by atoms with Crippen molar-refractivity contribution in [3.63, 3.8) is 0 Å². The Labute approximate surface area is 151 Å². The van der Waals surface area contributed by atoms with Gasteiger partial charge < -0.3 is 11.5 Å². The first-order chi connectivity index (χ1) is 12.5. The molecule has 0 spiro atoms. The van der Waals surface area contributed by atoms with Gasteiger partial charge in [0.1, 0.15) is 5.84 Å². The lowest BCUT2D eigenvalue weighted by Crippen LogP contribution is -2.44. The molecule has 2 aromatic rings. The fraction of sp³-hybridized carbons (Fsp3) is 0.200. The number of amidine groups is 2. The Hall–Kier alpha value is -3.28. The van der Waals surface area contributed by atoms with Crippen LogP contribution in [-0.2, 0) is 12.0 Å². The molecule has 0 fully saturated rings. The van der Waals surface area contributed by atoms with Gasteiger partial charge in [-0.25, -0.2) is 9.98 Å². The number of fused-ring (bicyclic) bond motifs is 1. The molecule has 0 aromatic heterocycles. The van der Waals surface area contributed by atoms with Crippen LogP contribution in [0.4, 0.5) is 0 Å². The third kappa shape index (κ3) is 2.42. The van der Waals surface area contributed by atoms with E-state index in [1.165, 1.54) is 5.56 Å². The molecule has 0 saturated heterocycles. The first-order valence-corrected chi connectivity index (χ1v) is 8.52. The van der Waals surface area contributed by atoms with Crippen LogP contribution in [0.5, 0.6) is 0 Å². The molecule has 2 aliphatic rings. The highest BCUT2D eigenvalue weighted by Gasteiger charge is 2.45. The molecule has 6 nitrogen and oxygen atoms in total. The zero-order chi connectivity index (χ0) is 18.3. The van der Waals surface area contributed by atoms with Gasteiger partial charge >= 0.3 is 0 Å². The minimum absolute atomic E-state index is 0.0893. The second-order valence-electron chi connectivity index (χ2n) is 6.61. The lowest BCUT2D eigenvalue weighted by Gasteiger charge is -2.25. The SMILES string of the molecule is Cc1ccc(C2(C(=N)N)N=C(N)N=C2N=C2CCc3ccccc32)cc1. The molecule has 1 aliphatic heterocycles. The molecule has 0 radical (unpaired) electrons. The van der Waals surface area contributed by atoms with E-state index in [4.69, 9.17) is 21.9 Å². The van der Waals surface area contributed by atoms with E-state index in [2.05, 4.69) is 22.1 Å². The summed E-state index contributed by atoms with van der Waals surface area (Å²) in [7, 11) is 0. The third-order valence-corrected chi connectivity index (χ3v) is 4.89. The van der Waals surface area contributed by atoms with Crippen LogP contribution in [0.15, 0.2) is 63.5 Å². The van der Waals surface area contributed by atoms with E-state index in [1.54, 1.807) is 0 Å². The molecule has 1 heterocycles. The first-order valence-electron chi connectivity index (χ1n) is 8.52. The molecule has 130 valence electrons. The van der Waals surface area contributed by atoms with Gasteiger partial charge in [0, 0.05) is 0 Å².